The van der Waals surface area contributed by atoms with Crippen LogP contribution in [0.2, 0.25) is 0 Å². The zero-order valence-electron chi connectivity index (χ0n) is 15.3. The predicted molar refractivity (Wildman–Crippen MR) is 105 cm³/mol. The van der Waals surface area contributed by atoms with Gasteiger partial charge in [-0.3, -0.25) is 0 Å². The molecule has 4 nitrogen and oxygen atoms in total. The summed E-state index contributed by atoms with van der Waals surface area (Å²) in [7, 11) is 0. The lowest BCUT2D eigenvalue weighted by Gasteiger charge is -2.19. The Kier molecular flexibility index (Phi) is 5.56. The first-order valence-electron chi connectivity index (χ1n) is 8.77. The van der Waals surface area contributed by atoms with Crippen LogP contribution in [0.15, 0.2) is 53.0 Å². The van der Waals surface area contributed by atoms with E-state index in [0.717, 1.165) is 22.2 Å². The van der Waals surface area contributed by atoms with E-state index in [1.54, 1.807) is 0 Å². The molecule has 0 unspecified atom stereocenters. The Morgan fingerprint density at radius 2 is 1.77 bits per heavy atom. The molecule has 5 heteroatoms. The summed E-state index contributed by atoms with van der Waals surface area (Å²) in [5.41, 5.74) is 1.87. The Hall–Kier alpha value is -2.01. The summed E-state index contributed by atoms with van der Waals surface area (Å²) in [6.07, 6.45) is 0.595. The maximum atomic E-state index is 11.8. The number of benzene rings is 2. The van der Waals surface area contributed by atoms with Crippen molar-refractivity contribution in [3.05, 3.63) is 64.1 Å². The first kappa shape index (κ1) is 18.8. The zero-order valence-corrected chi connectivity index (χ0v) is 16.9. The zero-order chi connectivity index (χ0) is 18.7. The fourth-order valence-electron chi connectivity index (χ4n) is 2.74. The molecule has 1 amide bonds. The van der Waals surface area contributed by atoms with Gasteiger partial charge in [-0.25, -0.2) is 4.79 Å². The van der Waals surface area contributed by atoms with Crippen LogP contribution >= 0.6 is 15.9 Å². The first-order valence-corrected chi connectivity index (χ1v) is 9.56. The van der Waals surface area contributed by atoms with E-state index in [2.05, 4.69) is 33.4 Å². The molecule has 1 fully saturated rings. The lowest BCUT2D eigenvalue weighted by Crippen LogP contribution is -2.34. The summed E-state index contributed by atoms with van der Waals surface area (Å²) in [6.45, 7) is 6.14. The highest BCUT2D eigenvalue weighted by molar-refractivity contribution is 9.10. The van der Waals surface area contributed by atoms with Crippen molar-refractivity contribution in [2.24, 2.45) is 0 Å². The molecule has 0 spiro atoms. The quantitative estimate of drug-likeness (QED) is 0.707. The molecule has 1 aliphatic carbocycles. The summed E-state index contributed by atoms with van der Waals surface area (Å²) in [5, 5.41) is 2.93. The molecule has 0 aromatic heterocycles. The minimum Gasteiger partial charge on any atom is -0.489 e. The van der Waals surface area contributed by atoms with Gasteiger partial charge < -0.3 is 14.8 Å². The van der Waals surface area contributed by atoms with Gasteiger partial charge in [-0.1, -0.05) is 40.2 Å². The van der Waals surface area contributed by atoms with Crippen molar-refractivity contribution in [1.29, 1.82) is 0 Å². The molecule has 0 heterocycles. The lowest BCUT2D eigenvalue weighted by molar-refractivity contribution is 0.0523. The van der Waals surface area contributed by atoms with Crippen LogP contribution in [0.3, 0.4) is 0 Å². The fourth-order valence-corrected chi connectivity index (χ4v) is 3.00. The van der Waals surface area contributed by atoms with Gasteiger partial charge in [0.15, 0.2) is 0 Å². The average Bonchev–Trinajstić information content (AvgIpc) is 3.32. The van der Waals surface area contributed by atoms with Crippen molar-refractivity contribution < 1.29 is 14.3 Å². The second-order valence-corrected chi connectivity index (χ2v) is 8.49. The number of alkyl carbamates (subject to hydrolysis) is 1. The molecule has 1 saturated carbocycles. The van der Waals surface area contributed by atoms with E-state index in [9.17, 15) is 4.79 Å². The number of carbonyl (C=O) groups excluding carboxylic acids is 1. The van der Waals surface area contributed by atoms with Crippen molar-refractivity contribution in [1.82, 2.24) is 5.32 Å². The van der Waals surface area contributed by atoms with Crippen LogP contribution in [0.4, 0.5) is 4.79 Å². The molecule has 138 valence electrons. The standard InChI is InChI=1S/C21H24BrNO3/c1-21(2,3)26-20(24)23-19-12-18(19)15-6-10-17(11-7-15)25-13-14-4-8-16(22)9-5-14/h4-11,18-19H,12-13H2,1-3H3,(H,23,24)/t18-,19+/m0/s1. The normalized spacial score (nSPS) is 18.9. The van der Waals surface area contributed by atoms with Crippen molar-refractivity contribution in [3.8, 4) is 5.75 Å². The van der Waals surface area contributed by atoms with Gasteiger partial charge in [-0.05, 0) is 62.6 Å². The monoisotopic (exact) mass is 417 g/mol. The lowest BCUT2D eigenvalue weighted by atomic mass is 10.1. The van der Waals surface area contributed by atoms with Gasteiger partial charge >= 0.3 is 6.09 Å². The second-order valence-electron chi connectivity index (χ2n) is 7.58. The highest BCUT2D eigenvalue weighted by Gasteiger charge is 2.40. The number of nitrogens with one attached hydrogen (secondary N) is 1. The molecule has 26 heavy (non-hydrogen) atoms. The summed E-state index contributed by atoms with van der Waals surface area (Å²) >= 11 is 3.43. The van der Waals surface area contributed by atoms with Gasteiger partial charge in [0.05, 0.1) is 0 Å². The minimum absolute atomic E-state index is 0.152. The van der Waals surface area contributed by atoms with Crippen molar-refractivity contribution in [2.45, 2.75) is 51.4 Å². The highest BCUT2D eigenvalue weighted by atomic mass is 79.9. The van der Waals surface area contributed by atoms with Crippen LogP contribution in [0, 0.1) is 0 Å². The van der Waals surface area contributed by atoms with Crippen LogP contribution < -0.4 is 10.1 Å². The third-order valence-corrected chi connectivity index (χ3v) is 4.65. The largest absolute Gasteiger partial charge is 0.489 e. The van der Waals surface area contributed by atoms with Gasteiger partial charge in [0, 0.05) is 16.4 Å². The van der Waals surface area contributed by atoms with E-state index in [1.807, 2.05) is 57.2 Å². The molecule has 2 aromatic carbocycles. The third-order valence-electron chi connectivity index (χ3n) is 4.12. The van der Waals surface area contributed by atoms with Crippen LogP contribution in [-0.2, 0) is 11.3 Å². The molecule has 1 N–H and O–H groups in total. The maximum absolute atomic E-state index is 11.8. The predicted octanol–water partition coefficient (Wildman–Crippen LogP) is 5.41. The molecular weight excluding hydrogens is 394 g/mol. The Morgan fingerprint density at radius 1 is 1.12 bits per heavy atom. The number of hydrogen-bond donors (Lipinski definition) is 1. The number of rotatable bonds is 5. The number of halogens is 1. The maximum Gasteiger partial charge on any atom is 0.407 e. The van der Waals surface area contributed by atoms with E-state index in [1.165, 1.54) is 5.56 Å². The topological polar surface area (TPSA) is 47.6 Å². The molecule has 0 bridgehead atoms. The van der Waals surface area contributed by atoms with Crippen LogP contribution in [-0.4, -0.2) is 17.7 Å². The van der Waals surface area contributed by atoms with Gasteiger partial charge in [0.25, 0.3) is 0 Å². The van der Waals surface area contributed by atoms with E-state index in [-0.39, 0.29) is 12.1 Å². The Balaban J connectivity index is 1.48. The Labute approximate surface area is 163 Å². The minimum atomic E-state index is -0.470. The number of hydrogen-bond acceptors (Lipinski definition) is 3. The second kappa shape index (κ2) is 7.70. The number of ether oxygens (including phenoxy) is 2. The molecule has 0 radical (unpaired) electrons. The van der Waals surface area contributed by atoms with Gasteiger partial charge in [0.1, 0.15) is 18.0 Å². The van der Waals surface area contributed by atoms with E-state index < -0.39 is 5.60 Å². The first-order chi connectivity index (χ1) is 12.3. The van der Waals surface area contributed by atoms with E-state index in [4.69, 9.17) is 9.47 Å². The molecule has 3 rings (SSSR count). The van der Waals surface area contributed by atoms with Gasteiger partial charge in [-0.2, -0.15) is 0 Å². The molecular formula is C21H24BrNO3. The fraction of sp³-hybridized carbons (Fsp3) is 0.381. The van der Waals surface area contributed by atoms with E-state index >= 15 is 0 Å². The molecule has 1 aliphatic rings. The number of carbonyl (C=O) groups is 1. The van der Waals surface area contributed by atoms with Crippen molar-refractivity contribution in [3.63, 3.8) is 0 Å². The highest BCUT2D eigenvalue weighted by Crippen LogP contribution is 2.41. The summed E-state index contributed by atoms with van der Waals surface area (Å²) in [6, 6.07) is 16.3. The summed E-state index contributed by atoms with van der Waals surface area (Å²) < 4.78 is 12.2. The Bertz CT molecular complexity index is 750. The summed E-state index contributed by atoms with van der Waals surface area (Å²) in [4.78, 5) is 11.8. The van der Waals surface area contributed by atoms with Crippen molar-refractivity contribution in [2.75, 3.05) is 0 Å². The SMILES string of the molecule is CC(C)(C)OC(=O)N[C@@H]1C[C@H]1c1ccc(OCc2ccc(Br)cc2)cc1. The van der Waals surface area contributed by atoms with E-state index in [0.29, 0.717) is 12.5 Å². The Morgan fingerprint density at radius 3 is 2.38 bits per heavy atom. The summed E-state index contributed by atoms with van der Waals surface area (Å²) in [5.74, 6) is 1.19. The van der Waals surface area contributed by atoms with Crippen LogP contribution in [0.25, 0.3) is 0 Å². The van der Waals surface area contributed by atoms with Crippen molar-refractivity contribution >= 4 is 22.0 Å². The third kappa shape index (κ3) is 5.49. The van der Waals surface area contributed by atoms with Gasteiger partial charge in [0.2, 0.25) is 0 Å². The van der Waals surface area contributed by atoms with Crippen LogP contribution in [0.5, 0.6) is 5.75 Å². The molecule has 2 atom stereocenters. The van der Waals surface area contributed by atoms with Gasteiger partial charge in [-0.15, -0.1) is 0 Å². The number of amides is 1. The average molecular weight is 418 g/mol. The smallest absolute Gasteiger partial charge is 0.407 e. The van der Waals surface area contributed by atoms with Crippen LogP contribution in [0.1, 0.15) is 44.2 Å². The molecule has 2 aromatic rings. The molecule has 0 saturated heterocycles. The molecule has 0 aliphatic heterocycles.